The van der Waals surface area contributed by atoms with Crippen molar-refractivity contribution in [3.63, 3.8) is 0 Å². The maximum absolute atomic E-state index is 12.4. The third-order valence-corrected chi connectivity index (χ3v) is 5.10. The number of carbonyl (C=O) groups is 1. The van der Waals surface area contributed by atoms with E-state index >= 15 is 0 Å². The molecule has 0 aromatic carbocycles. The van der Waals surface area contributed by atoms with E-state index < -0.39 is 5.60 Å². The lowest BCUT2D eigenvalue weighted by molar-refractivity contribution is -0.145. The number of fused-ring (bicyclic) bond motifs is 1. The van der Waals surface area contributed by atoms with Crippen LogP contribution in [0.5, 0.6) is 0 Å². The van der Waals surface area contributed by atoms with Crippen LogP contribution < -0.4 is 5.32 Å². The number of amides is 1. The number of nitrogens with zero attached hydrogens (tertiary/aromatic N) is 1. The van der Waals surface area contributed by atoms with E-state index in [1.807, 2.05) is 4.90 Å². The predicted molar refractivity (Wildman–Crippen MR) is 69.1 cm³/mol. The van der Waals surface area contributed by atoms with Crippen LogP contribution in [-0.2, 0) is 4.79 Å². The Morgan fingerprint density at radius 1 is 1.22 bits per heavy atom. The summed E-state index contributed by atoms with van der Waals surface area (Å²) in [6.07, 6.45) is 7.22. The number of hydrogen-bond donors (Lipinski definition) is 2. The number of rotatable bonds is 1. The first-order valence-electron chi connectivity index (χ1n) is 7.44. The van der Waals surface area contributed by atoms with Gasteiger partial charge in [-0.2, -0.15) is 0 Å². The third kappa shape index (κ3) is 2.16. The summed E-state index contributed by atoms with van der Waals surface area (Å²) in [4.78, 5) is 14.4. The average Bonchev–Trinajstić information content (AvgIpc) is 2.90. The highest BCUT2D eigenvalue weighted by Gasteiger charge is 2.44. The smallest absolute Gasteiger partial charge is 0.239 e. The monoisotopic (exact) mass is 252 g/mol. The molecule has 3 fully saturated rings. The molecule has 2 N–H and O–H groups in total. The van der Waals surface area contributed by atoms with Crippen LogP contribution in [0.15, 0.2) is 0 Å². The van der Waals surface area contributed by atoms with Gasteiger partial charge in [0.15, 0.2) is 0 Å². The molecule has 0 spiro atoms. The molecule has 0 radical (unpaired) electrons. The molecule has 3 aliphatic rings. The fourth-order valence-electron chi connectivity index (χ4n) is 3.89. The maximum atomic E-state index is 12.4. The number of carbonyl (C=O) groups excluding carboxylic acids is 1. The van der Waals surface area contributed by atoms with Crippen molar-refractivity contribution in [1.29, 1.82) is 0 Å². The van der Waals surface area contributed by atoms with E-state index in [0.29, 0.717) is 5.92 Å². The summed E-state index contributed by atoms with van der Waals surface area (Å²) in [6.45, 7) is 2.48. The van der Waals surface area contributed by atoms with E-state index in [0.717, 1.165) is 58.2 Å². The van der Waals surface area contributed by atoms with Gasteiger partial charge < -0.3 is 15.3 Å². The van der Waals surface area contributed by atoms with Crippen LogP contribution >= 0.6 is 0 Å². The molecule has 2 unspecified atom stereocenters. The van der Waals surface area contributed by atoms with Crippen molar-refractivity contribution in [3.05, 3.63) is 0 Å². The molecular formula is C14H24N2O2. The Morgan fingerprint density at radius 3 is 2.89 bits per heavy atom. The second-order valence-corrected chi connectivity index (χ2v) is 6.23. The van der Waals surface area contributed by atoms with E-state index in [4.69, 9.17) is 0 Å². The molecule has 4 nitrogen and oxygen atoms in total. The van der Waals surface area contributed by atoms with Gasteiger partial charge in [0.2, 0.25) is 5.91 Å². The Bertz CT molecular complexity index is 328. The fraction of sp³-hybridized carbons (Fsp3) is 0.929. The van der Waals surface area contributed by atoms with Crippen LogP contribution in [0.1, 0.15) is 44.9 Å². The SMILES string of the molecule is O=C([C@H]1CCCN1)N1CCC2(O)CCCCC2C1. The zero-order chi connectivity index (χ0) is 12.6. The molecular weight excluding hydrogens is 228 g/mol. The highest BCUT2D eigenvalue weighted by atomic mass is 16.3. The van der Waals surface area contributed by atoms with Crippen molar-refractivity contribution in [2.45, 2.75) is 56.6 Å². The Hall–Kier alpha value is -0.610. The second kappa shape index (κ2) is 4.82. The van der Waals surface area contributed by atoms with E-state index in [-0.39, 0.29) is 11.9 Å². The molecule has 1 aliphatic carbocycles. The zero-order valence-corrected chi connectivity index (χ0v) is 11.0. The summed E-state index contributed by atoms with van der Waals surface area (Å²) in [6, 6.07) is 0.0415. The molecule has 2 aliphatic heterocycles. The lowest BCUT2D eigenvalue weighted by atomic mass is 9.71. The first kappa shape index (κ1) is 12.4. The van der Waals surface area contributed by atoms with Crippen molar-refractivity contribution in [2.24, 2.45) is 5.92 Å². The van der Waals surface area contributed by atoms with Crippen LogP contribution in [-0.4, -0.2) is 47.2 Å². The first-order chi connectivity index (χ1) is 8.69. The quantitative estimate of drug-likeness (QED) is 0.729. The number of nitrogens with one attached hydrogen (secondary N) is 1. The fourth-order valence-corrected chi connectivity index (χ4v) is 3.89. The molecule has 0 aromatic rings. The van der Waals surface area contributed by atoms with Gasteiger partial charge in [-0.1, -0.05) is 12.8 Å². The summed E-state index contributed by atoms with van der Waals surface area (Å²) in [7, 11) is 0. The molecule has 1 amide bonds. The minimum Gasteiger partial charge on any atom is -0.389 e. The van der Waals surface area contributed by atoms with E-state index in [9.17, 15) is 9.90 Å². The lowest BCUT2D eigenvalue weighted by Gasteiger charge is -2.47. The van der Waals surface area contributed by atoms with Gasteiger partial charge in [-0.3, -0.25) is 4.79 Å². The number of likely N-dealkylation sites (tertiary alicyclic amines) is 1. The van der Waals surface area contributed by atoms with Crippen molar-refractivity contribution in [2.75, 3.05) is 19.6 Å². The molecule has 3 atom stereocenters. The molecule has 1 saturated carbocycles. The van der Waals surface area contributed by atoms with Crippen molar-refractivity contribution < 1.29 is 9.90 Å². The molecule has 0 aromatic heterocycles. The van der Waals surface area contributed by atoms with Crippen LogP contribution in [0, 0.1) is 5.92 Å². The van der Waals surface area contributed by atoms with Crippen LogP contribution in [0.25, 0.3) is 0 Å². The van der Waals surface area contributed by atoms with Crippen LogP contribution in [0.3, 0.4) is 0 Å². The van der Waals surface area contributed by atoms with Gasteiger partial charge in [-0.05, 0) is 38.6 Å². The maximum Gasteiger partial charge on any atom is 0.239 e. The van der Waals surface area contributed by atoms with Gasteiger partial charge >= 0.3 is 0 Å². The molecule has 3 rings (SSSR count). The van der Waals surface area contributed by atoms with Crippen LogP contribution in [0.2, 0.25) is 0 Å². The molecule has 2 heterocycles. The third-order valence-electron chi connectivity index (χ3n) is 5.10. The highest BCUT2D eigenvalue weighted by molar-refractivity contribution is 5.82. The van der Waals surface area contributed by atoms with Crippen molar-refractivity contribution in [3.8, 4) is 0 Å². The second-order valence-electron chi connectivity index (χ2n) is 6.23. The number of hydrogen-bond acceptors (Lipinski definition) is 3. The predicted octanol–water partition coefficient (Wildman–Crippen LogP) is 0.892. The summed E-state index contributed by atoms with van der Waals surface area (Å²) in [5.74, 6) is 0.575. The summed E-state index contributed by atoms with van der Waals surface area (Å²) in [5.41, 5.74) is -0.474. The van der Waals surface area contributed by atoms with Gasteiger partial charge in [-0.25, -0.2) is 0 Å². The number of aliphatic hydroxyl groups is 1. The van der Waals surface area contributed by atoms with Crippen LogP contribution in [0.4, 0.5) is 0 Å². The normalized spacial score (nSPS) is 40.6. The first-order valence-corrected chi connectivity index (χ1v) is 7.44. The molecule has 0 bridgehead atoms. The van der Waals surface area contributed by atoms with E-state index in [1.165, 1.54) is 6.42 Å². The Labute approximate surface area is 109 Å². The van der Waals surface area contributed by atoms with Gasteiger partial charge in [0.25, 0.3) is 0 Å². The molecule has 18 heavy (non-hydrogen) atoms. The van der Waals surface area contributed by atoms with Crippen molar-refractivity contribution in [1.82, 2.24) is 10.2 Å². The zero-order valence-electron chi connectivity index (χ0n) is 11.0. The summed E-state index contributed by atoms with van der Waals surface area (Å²) >= 11 is 0. The Morgan fingerprint density at radius 2 is 2.11 bits per heavy atom. The minimum atomic E-state index is -0.474. The molecule has 4 heteroatoms. The van der Waals surface area contributed by atoms with E-state index in [1.54, 1.807) is 0 Å². The van der Waals surface area contributed by atoms with Gasteiger partial charge in [-0.15, -0.1) is 0 Å². The standard InChI is InChI=1S/C14H24N2O2/c17-13(12-5-3-8-15-12)16-9-7-14(18)6-2-1-4-11(14)10-16/h11-12,15,18H,1-10H2/t11?,12-,14?/m1/s1. The molecule has 2 saturated heterocycles. The van der Waals surface area contributed by atoms with Crippen molar-refractivity contribution >= 4 is 5.91 Å². The topological polar surface area (TPSA) is 52.6 Å². The highest BCUT2D eigenvalue weighted by Crippen LogP contribution is 2.39. The average molecular weight is 252 g/mol. The van der Waals surface area contributed by atoms with Gasteiger partial charge in [0.05, 0.1) is 11.6 Å². The summed E-state index contributed by atoms with van der Waals surface area (Å²) in [5, 5.41) is 13.9. The Balaban J connectivity index is 1.64. The van der Waals surface area contributed by atoms with Gasteiger partial charge in [0.1, 0.15) is 0 Å². The Kier molecular flexibility index (Phi) is 3.32. The largest absolute Gasteiger partial charge is 0.389 e. The minimum absolute atomic E-state index is 0.0415. The number of piperidine rings is 1. The van der Waals surface area contributed by atoms with Gasteiger partial charge in [0, 0.05) is 19.0 Å². The van der Waals surface area contributed by atoms with E-state index in [2.05, 4.69) is 5.32 Å². The lowest BCUT2D eigenvalue weighted by Crippen LogP contribution is -2.57. The summed E-state index contributed by atoms with van der Waals surface area (Å²) < 4.78 is 0. The molecule has 102 valence electrons.